The Bertz CT molecular complexity index is 1700. The predicted molar refractivity (Wildman–Crippen MR) is 344 cm³/mol. The highest BCUT2D eigenvalue weighted by molar-refractivity contribution is 7.47. The van der Waals surface area contributed by atoms with Crippen molar-refractivity contribution in [3.8, 4) is 0 Å². The monoisotopic (exact) mass is 1270 g/mol. The molecule has 3 N–H and O–H groups in total. The SMILES string of the molecule is CCCCCCCCCCCC(=O)OC[C@H](COP(=O)(O)OC[C@H](O)COP(=O)(O)OC[C@@H](COC(=O)CCCCCCCCCCCCC(C)C)OC(=O)CCCCCCCCCCCCC(C)CC)OC(=O)CCCCCCCCC(C)CC. The van der Waals surface area contributed by atoms with Crippen molar-refractivity contribution in [1.82, 2.24) is 0 Å². The van der Waals surface area contributed by atoms with Gasteiger partial charge in [0.25, 0.3) is 0 Å². The van der Waals surface area contributed by atoms with Gasteiger partial charge in [0.2, 0.25) is 0 Å². The molecule has 0 saturated heterocycles. The third-order valence-corrected chi connectivity index (χ3v) is 18.0. The number of carbonyl (C=O) groups excluding carboxylic acids is 4. The Morgan fingerprint density at radius 2 is 0.593 bits per heavy atom. The first kappa shape index (κ1) is 84.1. The van der Waals surface area contributed by atoms with E-state index in [4.69, 9.17) is 37.0 Å². The van der Waals surface area contributed by atoms with Gasteiger partial charge in [-0.1, -0.05) is 280 Å². The van der Waals surface area contributed by atoms with Crippen LogP contribution in [0, 0.1) is 17.8 Å². The van der Waals surface area contributed by atoms with E-state index in [-0.39, 0.29) is 25.7 Å². The van der Waals surface area contributed by atoms with Gasteiger partial charge in [0.05, 0.1) is 26.4 Å². The maximum absolute atomic E-state index is 13.0. The fraction of sp³-hybridized carbons (Fsp3) is 0.940. The smallest absolute Gasteiger partial charge is 0.462 e. The van der Waals surface area contributed by atoms with E-state index in [0.717, 1.165) is 108 Å². The summed E-state index contributed by atoms with van der Waals surface area (Å²) >= 11 is 0. The van der Waals surface area contributed by atoms with Crippen LogP contribution in [0.15, 0.2) is 0 Å². The Kier molecular flexibility index (Phi) is 56.9. The molecule has 0 heterocycles. The van der Waals surface area contributed by atoms with E-state index in [1.165, 1.54) is 141 Å². The minimum atomic E-state index is -4.95. The van der Waals surface area contributed by atoms with Crippen molar-refractivity contribution in [3.05, 3.63) is 0 Å². The zero-order valence-corrected chi connectivity index (χ0v) is 57.6. The molecule has 0 saturated carbocycles. The van der Waals surface area contributed by atoms with Crippen LogP contribution in [0.1, 0.15) is 331 Å². The number of rotatable bonds is 65. The van der Waals surface area contributed by atoms with Crippen molar-refractivity contribution in [1.29, 1.82) is 0 Å². The van der Waals surface area contributed by atoms with E-state index in [2.05, 4.69) is 48.5 Å². The molecule has 0 amide bonds. The molecule has 19 heteroatoms. The van der Waals surface area contributed by atoms with Crippen LogP contribution in [0.4, 0.5) is 0 Å². The number of aliphatic hydroxyl groups excluding tert-OH is 1. The van der Waals surface area contributed by atoms with E-state index in [0.29, 0.717) is 25.7 Å². The molecule has 0 aliphatic heterocycles. The van der Waals surface area contributed by atoms with Crippen LogP contribution in [0.25, 0.3) is 0 Å². The second-order valence-electron chi connectivity index (χ2n) is 25.2. The lowest BCUT2D eigenvalue weighted by Gasteiger charge is -2.21. The Balaban J connectivity index is 5.25. The number of hydrogen-bond acceptors (Lipinski definition) is 15. The molecule has 0 aliphatic rings. The zero-order chi connectivity index (χ0) is 63.8. The molecule has 0 fully saturated rings. The van der Waals surface area contributed by atoms with Crippen molar-refractivity contribution in [2.24, 2.45) is 17.8 Å². The number of phosphoric ester groups is 2. The average Bonchev–Trinajstić information content (AvgIpc) is 3.70. The molecule has 0 spiro atoms. The lowest BCUT2D eigenvalue weighted by Crippen LogP contribution is -2.30. The molecule has 17 nitrogen and oxygen atoms in total. The normalized spacial score (nSPS) is 14.9. The second kappa shape index (κ2) is 58.2. The summed E-state index contributed by atoms with van der Waals surface area (Å²) in [5.41, 5.74) is 0. The Hall–Kier alpha value is -1.94. The fourth-order valence-electron chi connectivity index (χ4n) is 9.95. The topological polar surface area (TPSA) is 237 Å². The lowest BCUT2D eigenvalue weighted by atomic mass is 9.99. The van der Waals surface area contributed by atoms with Crippen LogP contribution >= 0.6 is 15.6 Å². The first-order valence-electron chi connectivity index (χ1n) is 34.9. The standard InChI is InChI=1S/C67H130O17P2/c1-8-11-12-13-14-19-26-34-41-48-64(69)77-55-63(84-67(72)51-44-37-30-29-33-40-47-60(7)10-3)57-82-86(75,76)80-53-61(68)52-79-85(73,74)81-56-62(54-78-65(70)49-42-35-27-22-17-15-20-24-31-38-45-58(4)5)83-66(71)50-43-36-28-23-18-16-21-25-32-39-46-59(6)9-2/h58-63,68H,8-57H2,1-7H3,(H,73,74)(H,75,76)/t59?,60?,61-,62-,63-/m1/s1. The van der Waals surface area contributed by atoms with Gasteiger partial charge in [0.15, 0.2) is 12.2 Å². The van der Waals surface area contributed by atoms with Crippen molar-refractivity contribution >= 4 is 39.5 Å². The highest BCUT2D eigenvalue weighted by Gasteiger charge is 2.30. The quantitative estimate of drug-likeness (QED) is 0.0222. The van der Waals surface area contributed by atoms with Gasteiger partial charge in [0.1, 0.15) is 19.3 Å². The van der Waals surface area contributed by atoms with Gasteiger partial charge in [-0.2, -0.15) is 0 Å². The summed E-state index contributed by atoms with van der Waals surface area (Å²) in [6.07, 6.45) is 40.2. The van der Waals surface area contributed by atoms with Crippen molar-refractivity contribution < 1.29 is 80.2 Å². The first-order valence-corrected chi connectivity index (χ1v) is 37.9. The second-order valence-corrected chi connectivity index (χ2v) is 28.1. The zero-order valence-electron chi connectivity index (χ0n) is 55.8. The molecule has 0 aromatic rings. The van der Waals surface area contributed by atoms with Crippen LogP contribution in [-0.2, 0) is 65.4 Å². The third kappa shape index (κ3) is 58.4. The molecule has 0 bridgehead atoms. The molecule has 0 rings (SSSR count). The summed E-state index contributed by atoms with van der Waals surface area (Å²) in [6.45, 7) is 11.8. The molecule has 0 aromatic carbocycles. The third-order valence-electron chi connectivity index (χ3n) is 16.1. The molecule has 0 radical (unpaired) electrons. The number of carbonyl (C=O) groups is 4. The van der Waals surface area contributed by atoms with E-state index in [1.807, 2.05) is 0 Å². The minimum absolute atomic E-state index is 0.103. The summed E-state index contributed by atoms with van der Waals surface area (Å²) in [5, 5.41) is 10.6. The number of unbranched alkanes of at least 4 members (excludes halogenated alkanes) is 31. The average molecular weight is 1270 g/mol. The van der Waals surface area contributed by atoms with E-state index in [9.17, 15) is 43.2 Å². The Morgan fingerprint density at radius 1 is 0.337 bits per heavy atom. The van der Waals surface area contributed by atoms with Gasteiger partial charge < -0.3 is 33.8 Å². The number of ether oxygens (including phenoxy) is 4. The van der Waals surface area contributed by atoms with E-state index < -0.39 is 97.5 Å². The van der Waals surface area contributed by atoms with Gasteiger partial charge >= 0.3 is 39.5 Å². The van der Waals surface area contributed by atoms with Gasteiger partial charge in [0, 0.05) is 25.7 Å². The van der Waals surface area contributed by atoms with Gasteiger partial charge in [-0.3, -0.25) is 37.3 Å². The summed E-state index contributed by atoms with van der Waals surface area (Å²) in [5.74, 6) is 0.148. The predicted octanol–water partition coefficient (Wildman–Crippen LogP) is 18.7. The molecule has 86 heavy (non-hydrogen) atoms. The maximum atomic E-state index is 13.0. The van der Waals surface area contributed by atoms with Gasteiger partial charge in [-0.25, -0.2) is 9.13 Å². The number of hydrogen-bond donors (Lipinski definition) is 3. The first-order chi connectivity index (χ1) is 41.3. The molecular formula is C67H130O17P2. The van der Waals surface area contributed by atoms with Crippen molar-refractivity contribution in [3.63, 3.8) is 0 Å². The summed E-state index contributed by atoms with van der Waals surface area (Å²) in [7, 11) is -9.89. The Labute approximate surface area is 524 Å². The molecular weight excluding hydrogens is 1140 g/mol. The molecule has 7 atom stereocenters. The largest absolute Gasteiger partial charge is 0.472 e. The maximum Gasteiger partial charge on any atom is 0.472 e. The Morgan fingerprint density at radius 3 is 0.884 bits per heavy atom. The van der Waals surface area contributed by atoms with E-state index >= 15 is 0 Å². The van der Waals surface area contributed by atoms with Crippen LogP contribution < -0.4 is 0 Å². The highest BCUT2D eigenvalue weighted by atomic mass is 31.2. The molecule has 510 valence electrons. The summed E-state index contributed by atoms with van der Waals surface area (Å²) in [4.78, 5) is 72.3. The fourth-order valence-corrected chi connectivity index (χ4v) is 11.5. The highest BCUT2D eigenvalue weighted by Crippen LogP contribution is 2.45. The summed E-state index contributed by atoms with van der Waals surface area (Å²) in [6, 6.07) is 0. The minimum Gasteiger partial charge on any atom is -0.462 e. The number of esters is 4. The number of phosphoric acid groups is 2. The van der Waals surface area contributed by atoms with Gasteiger partial charge in [-0.15, -0.1) is 0 Å². The van der Waals surface area contributed by atoms with Crippen molar-refractivity contribution in [2.45, 2.75) is 349 Å². The number of aliphatic hydroxyl groups is 1. The molecule has 0 aromatic heterocycles. The van der Waals surface area contributed by atoms with Gasteiger partial charge in [-0.05, 0) is 43.4 Å². The van der Waals surface area contributed by atoms with Crippen LogP contribution in [0.3, 0.4) is 0 Å². The molecule has 0 aliphatic carbocycles. The van der Waals surface area contributed by atoms with Crippen LogP contribution in [0.5, 0.6) is 0 Å². The molecule has 4 unspecified atom stereocenters. The lowest BCUT2D eigenvalue weighted by molar-refractivity contribution is -0.161. The van der Waals surface area contributed by atoms with E-state index in [1.54, 1.807) is 0 Å². The van der Waals surface area contributed by atoms with Crippen LogP contribution in [0.2, 0.25) is 0 Å². The van der Waals surface area contributed by atoms with Crippen molar-refractivity contribution in [2.75, 3.05) is 39.6 Å². The summed E-state index contributed by atoms with van der Waals surface area (Å²) < 4.78 is 68.1. The van der Waals surface area contributed by atoms with Crippen LogP contribution in [-0.4, -0.2) is 96.7 Å².